The zero-order valence-electron chi connectivity index (χ0n) is 12.4. The molecule has 0 saturated heterocycles. The topological polar surface area (TPSA) is 9.23 Å². The normalized spacial score (nSPS) is 16.1. The summed E-state index contributed by atoms with van der Waals surface area (Å²) in [6.45, 7) is 14.5. The van der Waals surface area contributed by atoms with E-state index in [-0.39, 0.29) is 5.60 Å². The second-order valence-electron chi connectivity index (χ2n) is 6.05. The molecule has 0 amide bonds. The van der Waals surface area contributed by atoms with Gasteiger partial charge in [-0.15, -0.1) is 0 Å². The Balaban J connectivity index is 4.19. The molecule has 0 radical (unpaired) electrons. The standard InChI is InChI=1S/C15H32O/c1-7-10-14(4,5)12-13-15(6,11-8-2)16-9-3/h7-13H2,1-6H3. The zero-order valence-corrected chi connectivity index (χ0v) is 12.4. The second-order valence-corrected chi connectivity index (χ2v) is 6.05. The van der Waals surface area contributed by atoms with E-state index in [4.69, 9.17) is 4.74 Å². The summed E-state index contributed by atoms with van der Waals surface area (Å²) in [6.07, 6.45) is 7.47. The van der Waals surface area contributed by atoms with Gasteiger partial charge in [-0.25, -0.2) is 0 Å². The molecule has 0 spiro atoms. The van der Waals surface area contributed by atoms with Crippen LogP contribution in [0.2, 0.25) is 0 Å². The summed E-state index contributed by atoms with van der Waals surface area (Å²) in [5.74, 6) is 0. The Bertz CT molecular complexity index is 166. The van der Waals surface area contributed by atoms with Crippen LogP contribution in [0.3, 0.4) is 0 Å². The molecule has 0 aliphatic carbocycles. The summed E-state index contributed by atoms with van der Waals surface area (Å²) >= 11 is 0. The van der Waals surface area contributed by atoms with Crippen molar-refractivity contribution in [1.29, 1.82) is 0 Å². The molecule has 1 unspecified atom stereocenters. The molecule has 0 aliphatic rings. The average molecular weight is 228 g/mol. The molecule has 0 aromatic carbocycles. The first kappa shape index (κ1) is 16.0. The summed E-state index contributed by atoms with van der Waals surface area (Å²) in [7, 11) is 0. The lowest BCUT2D eigenvalue weighted by Gasteiger charge is -2.33. The highest BCUT2D eigenvalue weighted by Gasteiger charge is 2.27. The van der Waals surface area contributed by atoms with Crippen molar-refractivity contribution in [1.82, 2.24) is 0 Å². The average Bonchev–Trinajstić information content (AvgIpc) is 2.16. The van der Waals surface area contributed by atoms with Crippen LogP contribution in [0.1, 0.15) is 80.1 Å². The van der Waals surface area contributed by atoms with Crippen molar-refractivity contribution in [2.45, 2.75) is 85.7 Å². The number of hydrogen-bond acceptors (Lipinski definition) is 1. The third-order valence-corrected chi connectivity index (χ3v) is 3.53. The van der Waals surface area contributed by atoms with Gasteiger partial charge in [0.25, 0.3) is 0 Å². The summed E-state index contributed by atoms with van der Waals surface area (Å²) in [5.41, 5.74) is 0.579. The molecule has 98 valence electrons. The van der Waals surface area contributed by atoms with Gasteiger partial charge in [0.2, 0.25) is 0 Å². The molecular formula is C15H32O. The fourth-order valence-corrected chi connectivity index (χ4v) is 2.55. The van der Waals surface area contributed by atoms with E-state index in [0.29, 0.717) is 5.41 Å². The smallest absolute Gasteiger partial charge is 0.0654 e. The zero-order chi connectivity index (χ0) is 12.7. The van der Waals surface area contributed by atoms with Crippen LogP contribution < -0.4 is 0 Å². The molecule has 0 N–H and O–H groups in total. The van der Waals surface area contributed by atoms with Gasteiger partial charge in [0, 0.05) is 6.61 Å². The second kappa shape index (κ2) is 7.32. The van der Waals surface area contributed by atoms with Gasteiger partial charge in [0.1, 0.15) is 0 Å². The van der Waals surface area contributed by atoms with E-state index >= 15 is 0 Å². The predicted octanol–water partition coefficient (Wildman–Crippen LogP) is 5.19. The van der Waals surface area contributed by atoms with Gasteiger partial charge >= 0.3 is 0 Å². The maximum atomic E-state index is 5.94. The van der Waals surface area contributed by atoms with Crippen LogP contribution in [0.15, 0.2) is 0 Å². The molecule has 0 saturated carbocycles. The van der Waals surface area contributed by atoms with Crippen LogP contribution in [0.4, 0.5) is 0 Å². The van der Waals surface area contributed by atoms with Crippen LogP contribution in [0.5, 0.6) is 0 Å². The summed E-state index contributed by atoms with van der Waals surface area (Å²) in [4.78, 5) is 0. The Labute approximate surface area is 103 Å². The van der Waals surface area contributed by atoms with Gasteiger partial charge < -0.3 is 4.74 Å². The molecular weight excluding hydrogens is 196 g/mol. The summed E-state index contributed by atoms with van der Waals surface area (Å²) < 4.78 is 5.94. The van der Waals surface area contributed by atoms with E-state index in [1.165, 1.54) is 38.5 Å². The lowest BCUT2D eigenvalue weighted by atomic mass is 9.79. The molecule has 0 aliphatic heterocycles. The van der Waals surface area contributed by atoms with E-state index < -0.39 is 0 Å². The van der Waals surface area contributed by atoms with E-state index in [0.717, 1.165) is 6.61 Å². The highest BCUT2D eigenvalue weighted by atomic mass is 16.5. The fourth-order valence-electron chi connectivity index (χ4n) is 2.55. The van der Waals surface area contributed by atoms with Gasteiger partial charge in [-0.2, -0.15) is 0 Å². The molecule has 0 aromatic rings. The third-order valence-electron chi connectivity index (χ3n) is 3.53. The molecule has 0 heterocycles. The molecule has 16 heavy (non-hydrogen) atoms. The molecule has 0 aromatic heterocycles. The van der Waals surface area contributed by atoms with Gasteiger partial charge in [-0.3, -0.25) is 0 Å². The first-order chi connectivity index (χ1) is 7.39. The fraction of sp³-hybridized carbons (Fsp3) is 1.00. The SMILES string of the molecule is CCCC(C)(C)CCC(C)(CCC)OCC. The van der Waals surface area contributed by atoms with Crippen molar-refractivity contribution < 1.29 is 4.74 Å². The quantitative estimate of drug-likeness (QED) is 0.528. The van der Waals surface area contributed by atoms with Crippen molar-refractivity contribution in [3.05, 3.63) is 0 Å². The molecule has 1 nitrogen and oxygen atoms in total. The van der Waals surface area contributed by atoms with Crippen molar-refractivity contribution in [3.63, 3.8) is 0 Å². The minimum absolute atomic E-state index is 0.106. The van der Waals surface area contributed by atoms with Crippen molar-refractivity contribution in [2.24, 2.45) is 5.41 Å². The Morgan fingerprint density at radius 2 is 1.31 bits per heavy atom. The van der Waals surface area contributed by atoms with Crippen LogP contribution >= 0.6 is 0 Å². The van der Waals surface area contributed by atoms with Crippen LogP contribution in [-0.4, -0.2) is 12.2 Å². The van der Waals surface area contributed by atoms with Crippen LogP contribution in [0, 0.1) is 5.41 Å². The van der Waals surface area contributed by atoms with Crippen LogP contribution in [0.25, 0.3) is 0 Å². The monoisotopic (exact) mass is 228 g/mol. The minimum atomic E-state index is 0.106. The predicted molar refractivity (Wildman–Crippen MR) is 72.9 cm³/mol. The van der Waals surface area contributed by atoms with E-state index in [1.807, 2.05) is 0 Å². The first-order valence-electron chi connectivity index (χ1n) is 7.03. The Kier molecular flexibility index (Phi) is 7.30. The Hall–Kier alpha value is -0.0400. The highest BCUT2D eigenvalue weighted by molar-refractivity contribution is 4.79. The molecule has 0 bridgehead atoms. The summed E-state index contributed by atoms with van der Waals surface area (Å²) in [5, 5.41) is 0. The highest BCUT2D eigenvalue weighted by Crippen LogP contribution is 2.33. The third kappa shape index (κ3) is 6.52. The van der Waals surface area contributed by atoms with E-state index in [2.05, 4.69) is 41.5 Å². The number of ether oxygens (including phenoxy) is 1. The van der Waals surface area contributed by atoms with Gasteiger partial charge in [-0.05, 0) is 44.9 Å². The maximum absolute atomic E-state index is 5.94. The molecule has 1 heteroatoms. The first-order valence-corrected chi connectivity index (χ1v) is 7.03. The molecule has 1 atom stereocenters. The Morgan fingerprint density at radius 3 is 1.75 bits per heavy atom. The summed E-state index contributed by atoms with van der Waals surface area (Å²) in [6, 6.07) is 0. The number of rotatable bonds is 9. The number of hydrogen-bond donors (Lipinski definition) is 0. The Morgan fingerprint density at radius 1 is 0.750 bits per heavy atom. The lowest BCUT2D eigenvalue weighted by molar-refractivity contribution is -0.0449. The van der Waals surface area contributed by atoms with E-state index in [1.54, 1.807) is 0 Å². The minimum Gasteiger partial charge on any atom is -0.376 e. The maximum Gasteiger partial charge on any atom is 0.0654 e. The van der Waals surface area contributed by atoms with Gasteiger partial charge in [-0.1, -0.05) is 40.5 Å². The lowest BCUT2D eigenvalue weighted by Crippen LogP contribution is -2.30. The van der Waals surface area contributed by atoms with Crippen molar-refractivity contribution in [2.75, 3.05) is 6.61 Å². The van der Waals surface area contributed by atoms with E-state index in [9.17, 15) is 0 Å². The molecule has 0 rings (SSSR count). The van der Waals surface area contributed by atoms with Gasteiger partial charge in [0.05, 0.1) is 5.60 Å². The largest absolute Gasteiger partial charge is 0.376 e. The van der Waals surface area contributed by atoms with Crippen molar-refractivity contribution >= 4 is 0 Å². The molecule has 0 fully saturated rings. The van der Waals surface area contributed by atoms with Crippen LogP contribution in [-0.2, 0) is 4.74 Å². The van der Waals surface area contributed by atoms with Crippen molar-refractivity contribution in [3.8, 4) is 0 Å². The van der Waals surface area contributed by atoms with Gasteiger partial charge in [0.15, 0.2) is 0 Å².